The molecule has 2 aliphatic rings. The summed E-state index contributed by atoms with van der Waals surface area (Å²) in [7, 11) is 4.46. The van der Waals surface area contributed by atoms with Crippen molar-refractivity contribution in [1.82, 2.24) is 10.6 Å². The molecule has 9 nitrogen and oxygen atoms in total. The van der Waals surface area contributed by atoms with Crippen LogP contribution in [-0.4, -0.2) is 50.4 Å². The number of amides is 1. The van der Waals surface area contributed by atoms with Crippen molar-refractivity contribution in [1.29, 1.82) is 0 Å². The summed E-state index contributed by atoms with van der Waals surface area (Å²) in [5.74, 6) is -0.101. The minimum Gasteiger partial charge on any atom is -0.497 e. The van der Waals surface area contributed by atoms with Crippen LogP contribution in [0, 0.1) is 5.92 Å². The van der Waals surface area contributed by atoms with Crippen LogP contribution >= 0.6 is 11.6 Å². The van der Waals surface area contributed by atoms with Gasteiger partial charge in [0.15, 0.2) is 11.5 Å². The van der Waals surface area contributed by atoms with E-state index in [1.165, 1.54) is 26.4 Å². The van der Waals surface area contributed by atoms with Crippen molar-refractivity contribution < 1.29 is 33.3 Å². The zero-order valence-electron chi connectivity index (χ0n) is 21.3. The Kier molecular flexibility index (Phi) is 7.36. The summed E-state index contributed by atoms with van der Waals surface area (Å²) in [6, 6.07) is 8.05. The molecule has 10 heteroatoms. The number of rotatable bonds is 8. The quantitative estimate of drug-likeness (QED) is 0.535. The van der Waals surface area contributed by atoms with Gasteiger partial charge in [-0.25, -0.2) is 0 Å². The van der Waals surface area contributed by atoms with Crippen LogP contribution in [0.1, 0.15) is 36.2 Å². The Bertz CT molecular complexity index is 1270. The molecule has 2 aromatic carbocycles. The number of Topliss-reactive ketones (excluding diaryl/α,β-unsaturated/α-hetero) is 1. The van der Waals surface area contributed by atoms with Crippen molar-refractivity contribution in [2.45, 2.75) is 38.5 Å². The normalized spacial score (nSPS) is 21.0. The van der Waals surface area contributed by atoms with E-state index in [0.717, 1.165) is 11.3 Å². The third-order valence-corrected chi connectivity index (χ3v) is 7.07. The third-order valence-electron chi connectivity index (χ3n) is 6.72. The number of hydrogen-bond acceptors (Lipinski definition) is 8. The van der Waals surface area contributed by atoms with Crippen molar-refractivity contribution in [3.05, 3.63) is 58.3 Å². The molecule has 2 N–H and O–H groups in total. The molecule has 0 bridgehead atoms. The van der Waals surface area contributed by atoms with Crippen LogP contribution in [0.5, 0.6) is 23.0 Å². The third kappa shape index (κ3) is 4.59. The molecular weight excluding hydrogens is 500 g/mol. The van der Waals surface area contributed by atoms with Gasteiger partial charge in [0.2, 0.25) is 17.3 Å². The van der Waals surface area contributed by atoms with Crippen LogP contribution in [-0.2, 0) is 16.1 Å². The smallest absolute Gasteiger partial charge is 0.242 e. The molecule has 1 spiro atoms. The molecule has 1 aliphatic heterocycles. The van der Waals surface area contributed by atoms with E-state index in [1.54, 1.807) is 21.0 Å². The largest absolute Gasteiger partial charge is 0.497 e. The molecular formula is C27H29ClN2O7. The molecule has 196 valence electrons. The summed E-state index contributed by atoms with van der Waals surface area (Å²) in [6.07, 6.45) is 1.41. The topological polar surface area (TPSA) is 112 Å². The second kappa shape index (κ2) is 10.3. The number of ether oxygens (including phenoxy) is 4. The molecule has 0 radical (unpaired) electrons. The van der Waals surface area contributed by atoms with E-state index in [2.05, 4.69) is 10.6 Å². The SMILES string of the molecule is COc1ccc(CNC(=O)[C@H](C)NC2=CC(=O)C[C@@H](C)[C@]23Oc2c(Cl)c(OC)cc(OC)c2C3=O)cc1. The molecule has 0 unspecified atom stereocenters. The van der Waals surface area contributed by atoms with Gasteiger partial charge in [0, 0.05) is 31.0 Å². The summed E-state index contributed by atoms with van der Waals surface area (Å²) in [5, 5.41) is 6.05. The Morgan fingerprint density at radius 3 is 2.43 bits per heavy atom. The number of benzene rings is 2. The van der Waals surface area contributed by atoms with E-state index in [1.807, 2.05) is 24.3 Å². The molecule has 0 saturated carbocycles. The second-order valence-corrected chi connectivity index (χ2v) is 9.41. The number of nitrogens with one attached hydrogen (secondary N) is 2. The predicted molar refractivity (Wildman–Crippen MR) is 137 cm³/mol. The van der Waals surface area contributed by atoms with Crippen LogP contribution in [0.4, 0.5) is 0 Å². The summed E-state index contributed by atoms with van der Waals surface area (Å²) in [4.78, 5) is 39.4. The number of halogens is 1. The van der Waals surface area contributed by atoms with E-state index in [0.29, 0.717) is 6.54 Å². The number of ketones is 2. The first kappa shape index (κ1) is 26.3. The van der Waals surface area contributed by atoms with Gasteiger partial charge in [-0.3, -0.25) is 14.4 Å². The highest BCUT2D eigenvalue weighted by Gasteiger charge is 2.59. The van der Waals surface area contributed by atoms with Gasteiger partial charge in [0.25, 0.3) is 0 Å². The van der Waals surface area contributed by atoms with Gasteiger partial charge < -0.3 is 29.6 Å². The minimum atomic E-state index is -1.58. The van der Waals surface area contributed by atoms with Gasteiger partial charge in [-0.2, -0.15) is 0 Å². The standard InChI is InChI=1S/C27H29ClN2O7/c1-14-10-17(31)11-21(30-15(2)26(33)29-13-16-6-8-18(34-3)9-7-16)27(14)25(32)22-19(35-4)12-20(36-5)23(28)24(22)37-27/h6-9,11-12,14-15,30H,10,13H2,1-5H3,(H,29,33)/t14-,15+,27+/m1/s1. The van der Waals surface area contributed by atoms with E-state index in [-0.39, 0.29) is 51.6 Å². The van der Waals surface area contributed by atoms with Gasteiger partial charge in [-0.05, 0) is 24.6 Å². The number of carbonyl (C=O) groups is 3. The van der Waals surface area contributed by atoms with Gasteiger partial charge in [0.1, 0.15) is 33.9 Å². The zero-order chi connectivity index (χ0) is 26.9. The van der Waals surface area contributed by atoms with E-state index in [4.69, 9.17) is 30.5 Å². The van der Waals surface area contributed by atoms with Crippen LogP contribution in [0.3, 0.4) is 0 Å². The monoisotopic (exact) mass is 528 g/mol. The lowest BCUT2D eigenvalue weighted by molar-refractivity contribution is -0.123. The number of carbonyl (C=O) groups excluding carboxylic acids is 3. The summed E-state index contributed by atoms with van der Waals surface area (Å²) < 4.78 is 22.2. The Labute approximate surface area is 220 Å². The molecule has 3 atom stereocenters. The van der Waals surface area contributed by atoms with E-state index in [9.17, 15) is 14.4 Å². The van der Waals surface area contributed by atoms with Crippen LogP contribution in [0.15, 0.2) is 42.1 Å². The maximum absolute atomic E-state index is 13.9. The molecule has 2 aromatic rings. The highest BCUT2D eigenvalue weighted by molar-refractivity contribution is 6.35. The molecule has 4 rings (SSSR count). The number of methoxy groups -OCH3 is 3. The molecule has 1 heterocycles. The lowest BCUT2D eigenvalue weighted by Gasteiger charge is -2.39. The minimum absolute atomic E-state index is 0.0834. The fourth-order valence-electron chi connectivity index (χ4n) is 4.67. The zero-order valence-corrected chi connectivity index (χ0v) is 22.0. The fraction of sp³-hybridized carbons (Fsp3) is 0.370. The summed E-state index contributed by atoms with van der Waals surface area (Å²) >= 11 is 6.51. The second-order valence-electron chi connectivity index (χ2n) is 9.03. The Morgan fingerprint density at radius 1 is 1.14 bits per heavy atom. The Morgan fingerprint density at radius 2 is 1.81 bits per heavy atom. The highest BCUT2D eigenvalue weighted by atomic mass is 35.5. The van der Waals surface area contributed by atoms with Gasteiger partial charge in [-0.15, -0.1) is 0 Å². The average Bonchev–Trinajstić information content (AvgIpc) is 3.20. The lowest BCUT2D eigenvalue weighted by Crippen LogP contribution is -2.57. The highest BCUT2D eigenvalue weighted by Crippen LogP contribution is 2.54. The van der Waals surface area contributed by atoms with Gasteiger partial charge >= 0.3 is 0 Å². The molecule has 37 heavy (non-hydrogen) atoms. The molecule has 1 aliphatic carbocycles. The average molecular weight is 529 g/mol. The first-order chi connectivity index (χ1) is 17.7. The lowest BCUT2D eigenvalue weighted by atomic mass is 9.74. The fourth-order valence-corrected chi connectivity index (χ4v) is 4.94. The molecule has 0 fully saturated rings. The maximum Gasteiger partial charge on any atom is 0.242 e. The maximum atomic E-state index is 13.9. The van der Waals surface area contributed by atoms with Crippen LogP contribution < -0.4 is 29.6 Å². The van der Waals surface area contributed by atoms with Crippen LogP contribution in [0.2, 0.25) is 5.02 Å². The van der Waals surface area contributed by atoms with Crippen molar-refractivity contribution in [2.24, 2.45) is 5.92 Å². The van der Waals surface area contributed by atoms with Crippen molar-refractivity contribution in [2.75, 3.05) is 21.3 Å². The van der Waals surface area contributed by atoms with Crippen molar-refractivity contribution in [3.8, 4) is 23.0 Å². The summed E-state index contributed by atoms with van der Waals surface area (Å²) in [6.45, 7) is 3.69. The predicted octanol–water partition coefficient (Wildman–Crippen LogP) is 3.47. The molecule has 0 aromatic heterocycles. The first-order valence-electron chi connectivity index (χ1n) is 11.8. The Balaban J connectivity index is 1.60. The number of hydrogen-bond donors (Lipinski definition) is 2. The number of allylic oxidation sites excluding steroid dienone is 1. The number of fused-ring (bicyclic) bond motifs is 1. The van der Waals surface area contributed by atoms with Crippen molar-refractivity contribution >= 4 is 29.1 Å². The summed E-state index contributed by atoms with van der Waals surface area (Å²) in [5.41, 5.74) is -0.330. The van der Waals surface area contributed by atoms with Gasteiger partial charge in [0.05, 0.1) is 27.0 Å². The van der Waals surface area contributed by atoms with E-state index >= 15 is 0 Å². The van der Waals surface area contributed by atoms with E-state index < -0.39 is 23.3 Å². The Hall–Kier alpha value is -3.72. The molecule has 0 saturated heterocycles. The molecule has 1 amide bonds. The van der Waals surface area contributed by atoms with Gasteiger partial charge in [-0.1, -0.05) is 30.7 Å². The first-order valence-corrected chi connectivity index (χ1v) is 12.1. The van der Waals surface area contributed by atoms with Crippen molar-refractivity contribution in [3.63, 3.8) is 0 Å². The van der Waals surface area contributed by atoms with Crippen LogP contribution in [0.25, 0.3) is 0 Å².